The molecule has 0 bridgehead atoms. The predicted molar refractivity (Wildman–Crippen MR) is 223 cm³/mol. The van der Waals surface area contributed by atoms with E-state index in [-0.39, 0.29) is 67.5 Å². The molecule has 1 fully saturated rings. The van der Waals surface area contributed by atoms with E-state index in [0.29, 0.717) is 24.8 Å². The molecule has 1 aliphatic heterocycles. The van der Waals surface area contributed by atoms with Crippen LogP contribution in [0.25, 0.3) is 0 Å². The molecule has 61 heavy (non-hydrogen) atoms. The van der Waals surface area contributed by atoms with Crippen molar-refractivity contribution in [1.82, 2.24) is 31.7 Å². The first kappa shape index (κ1) is 49.4. The van der Waals surface area contributed by atoms with Gasteiger partial charge in [0.1, 0.15) is 29.3 Å². The normalized spacial score (nSPS) is 15.4. The third-order valence-electron chi connectivity index (χ3n) is 9.26. The SMILES string of the molecule is CNC(=O)CCCOc1cc([N+](=O)[O-])c(C(C)NNC(=O)[C@H](CCC(=O)OC(C)(C)C)NC(=O)[C@H](Cc2ccccc2)NC(=O)[C@@H]2CCCN2C(=O)OC(C)(C)C)cc1OC. The average molecular weight is 856 g/mol. The lowest BCUT2D eigenvalue weighted by Gasteiger charge is -2.29. The monoisotopic (exact) mass is 855 g/mol. The lowest BCUT2D eigenvalue weighted by Crippen LogP contribution is -2.58. The number of carbonyl (C=O) groups excluding carboxylic acids is 6. The molecule has 336 valence electrons. The molecule has 5 amide bonds. The number of amides is 5. The van der Waals surface area contributed by atoms with E-state index >= 15 is 0 Å². The van der Waals surface area contributed by atoms with Crippen molar-refractivity contribution in [2.24, 2.45) is 0 Å². The van der Waals surface area contributed by atoms with Crippen LogP contribution in [0.3, 0.4) is 0 Å². The molecule has 19 heteroatoms. The Labute approximate surface area is 356 Å². The number of likely N-dealkylation sites (tertiary alicyclic amines) is 1. The van der Waals surface area contributed by atoms with Crippen LogP contribution in [0.5, 0.6) is 11.5 Å². The Balaban J connectivity index is 1.86. The Bertz CT molecular complexity index is 1860. The summed E-state index contributed by atoms with van der Waals surface area (Å²) in [5.74, 6) is -2.69. The van der Waals surface area contributed by atoms with E-state index in [2.05, 4.69) is 26.8 Å². The van der Waals surface area contributed by atoms with Gasteiger partial charge in [-0.3, -0.25) is 44.4 Å². The number of rotatable bonds is 20. The van der Waals surface area contributed by atoms with Gasteiger partial charge < -0.3 is 34.9 Å². The minimum atomic E-state index is -1.37. The van der Waals surface area contributed by atoms with Gasteiger partial charge in [-0.05, 0) is 85.8 Å². The highest BCUT2D eigenvalue weighted by molar-refractivity contribution is 5.94. The highest BCUT2D eigenvalue weighted by Crippen LogP contribution is 2.37. The van der Waals surface area contributed by atoms with Crippen LogP contribution in [0, 0.1) is 10.1 Å². The zero-order valence-corrected chi connectivity index (χ0v) is 36.5. The Morgan fingerprint density at radius 1 is 0.902 bits per heavy atom. The molecule has 5 N–H and O–H groups in total. The van der Waals surface area contributed by atoms with Crippen molar-refractivity contribution < 1.29 is 52.6 Å². The summed E-state index contributed by atoms with van der Waals surface area (Å²) in [7, 11) is 2.87. The second-order valence-electron chi connectivity index (χ2n) is 16.6. The molecule has 2 aromatic carbocycles. The summed E-state index contributed by atoms with van der Waals surface area (Å²) in [6, 6.07) is 7.06. The summed E-state index contributed by atoms with van der Waals surface area (Å²) in [5.41, 5.74) is 4.11. The maximum Gasteiger partial charge on any atom is 0.410 e. The van der Waals surface area contributed by atoms with E-state index in [4.69, 9.17) is 18.9 Å². The Morgan fingerprint density at radius 2 is 1.57 bits per heavy atom. The van der Waals surface area contributed by atoms with Gasteiger partial charge in [-0.1, -0.05) is 30.3 Å². The van der Waals surface area contributed by atoms with Gasteiger partial charge in [0.25, 0.3) is 11.6 Å². The minimum Gasteiger partial charge on any atom is -0.493 e. The topological polar surface area (TPSA) is 246 Å². The Hall–Kier alpha value is -5.98. The summed E-state index contributed by atoms with van der Waals surface area (Å²) in [5, 5.41) is 20.2. The van der Waals surface area contributed by atoms with E-state index in [1.807, 2.05) is 0 Å². The number of nitro groups is 1. The number of hydrazine groups is 1. The second kappa shape index (κ2) is 22.6. The fraction of sp³-hybridized carbons (Fsp3) is 0.571. The molecule has 1 unspecified atom stereocenters. The first-order chi connectivity index (χ1) is 28.6. The molecule has 1 heterocycles. The van der Waals surface area contributed by atoms with Crippen molar-refractivity contribution in [3.63, 3.8) is 0 Å². The zero-order chi connectivity index (χ0) is 45.5. The summed E-state index contributed by atoms with van der Waals surface area (Å²) in [6.45, 7) is 12.1. The molecular weight excluding hydrogens is 794 g/mol. The number of esters is 1. The lowest BCUT2D eigenvalue weighted by molar-refractivity contribution is -0.385. The summed E-state index contributed by atoms with van der Waals surface area (Å²) >= 11 is 0. The number of carbonyl (C=O) groups is 6. The number of benzene rings is 2. The zero-order valence-electron chi connectivity index (χ0n) is 36.5. The Kier molecular flexibility index (Phi) is 18.3. The fourth-order valence-corrected chi connectivity index (χ4v) is 6.33. The van der Waals surface area contributed by atoms with E-state index in [1.54, 1.807) is 78.8 Å². The number of methoxy groups -OCH3 is 1. The van der Waals surface area contributed by atoms with Crippen molar-refractivity contribution in [3.8, 4) is 11.5 Å². The molecule has 0 saturated carbocycles. The van der Waals surface area contributed by atoms with Gasteiger partial charge in [0.15, 0.2) is 11.5 Å². The molecule has 2 aromatic rings. The summed E-state index contributed by atoms with van der Waals surface area (Å²) < 4.78 is 22.1. The second-order valence-corrected chi connectivity index (χ2v) is 16.6. The smallest absolute Gasteiger partial charge is 0.410 e. The number of ether oxygens (including phenoxy) is 4. The van der Waals surface area contributed by atoms with Crippen LogP contribution in [-0.2, 0) is 39.9 Å². The van der Waals surface area contributed by atoms with Gasteiger partial charge in [0.05, 0.1) is 36.3 Å². The number of nitrogens with one attached hydrogen (secondary N) is 5. The summed E-state index contributed by atoms with van der Waals surface area (Å²) in [6.07, 6.45) is 0.291. The maximum atomic E-state index is 14.1. The molecule has 1 aliphatic rings. The van der Waals surface area contributed by atoms with Crippen LogP contribution in [0.1, 0.15) is 104 Å². The maximum absolute atomic E-state index is 14.1. The molecular formula is C42H61N7O12. The van der Waals surface area contributed by atoms with E-state index in [0.717, 1.165) is 0 Å². The largest absolute Gasteiger partial charge is 0.493 e. The molecule has 0 spiro atoms. The van der Waals surface area contributed by atoms with Crippen LogP contribution >= 0.6 is 0 Å². The standard InChI is InChI=1S/C42H61N7O12/c1-26(28-24-33(58-9)34(25-32(28)49(56)57)59-22-14-18-35(50)43-8)46-47-38(53)29(19-20-36(51)60-41(2,3)4)44-37(52)30(23-27-15-11-10-12-16-27)45-39(54)31-17-13-21-48(31)40(55)61-42(5,6)7/h10-12,15-16,24-26,29-31,46H,13-14,17-23H2,1-9H3,(H,43,50)(H,44,52)(H,45,54)(H,47,53)/t26?,29-,30-,31-/m0/s1. The molecule has 0 radical (unpaired) electrons. The van der Waals surface area contributed by atoms with Crippen LogP contribution in [0.15, 0.2) is 42.5 Å². The predicted octanol–water partition coefficient (Wildman–Crippen LogP) is 3.92. The van der Waals surface area contributed by atoms with Crippen molar-refractivity contribution in [2.75, 3.05) is 27.3 Å². The van der Waals surface area contributed by atoms with Gasteiger partial charge >= 0.3 is 12.1 Å². The number of hydrogen-bond donors (Lipinski definition) is 5. The first-order valence-electron chi connectivity index (χ1n) is 20.2. The highest BCUT2D eigenvalue weighted by Gasteiger charge is 2.39. The van der Waals surface area contributed by atoms with Crippen LogP contribution in [-0.4, -0.2) is 102 Å². The lowest BCUT2D eigenvalue weighted by atomic mass is 10.0. The molecule has 19 nitrogen and oxygen atoms in total. The number of nitro benzene ring substituents is 1. The van der Waals surface area contributed by atoms with E-state index in [9.17, 15) is 38.9 Å². The first-order valence-corrected chi connectivity index (χ1v) is 20.2. The minimum absolute atomic E-state index is 0.0204. The van der Waals surface area contributed by atoms with Crippen LogP contribution < -0.4 is 36.3 Å². The van der Waals surface area contributed by atoms with Crippen LogP contribution in [0.4, 0.5) is 10.5 Å². The van der Waals surface area contributed by atoms with E-state index in [1.165, 1.54) is 31.2 Å². The highest BCUT2D eigenvalue weighted by atomic mass is 16.6. The van der Waals surface area contributed by atoms with Crippen molar-refractivity contribution in [1.29, 1.82) is 0 Å². The molecule has 0 aromatic heterocycles. The van der Waals surface area contributed by atoms with Crippen LogP contribution in [0.2, 0.25) is 0 Å². The molecule has 4 atom stereocenters. The van der Waals surface area contributed by atoms with Crippen molar-refractivity contribution in [2.45, 2.75) is 129 Å². The van der Waals surface area contributed by atoms with Gasteiger partial charge in [-0.25, -0.2) is 10.2 Å². The van der Waals surface area contributed by atoms with E-state index < -0.39 is 70.1 Å². The molecule has 1 saturated heterocycles. The van der Waals surface area contributed by atoms with Crippen molar-refractivity contribution in [3.05, 3.63) is 63.7 Å². The third-order valence-corrected chi connectivity index (χ3v) is 9.26. The summed E-state index contributed by atoms with van der Waals surface area (Å²) in [4.78, 5) is 92.1. The third kappa shape index (κ3) is 16.2. The quantitative estimate of drug-likeness (QED) is 0.0549. The van der Waals surface area contributed by atoms with Gasteiger partial charge in [-0.15, -0.1) is 0 Å². The van der Waals surface area contributed by atoms with Gasteiger partial charge in [0.2, 0.25) is 17.7 Å². The van der Waals surface area contributed by atoms with Gasteiger partial charge in [0, 0.05) is 32.9 Å². The average Bonchev–Trinajstić information content (AvgIpc) is 3.69. The van der Waals surface area contributed by atoms with Crippen molar-refractivity contribution >= 4 is 41.4 Å². The fourth-order valence-electron chi connectivity index (χ4n) is 6.33. The van der Waals surface area contributed by atoms with Gasteiger partial charge in [-0.2, -0.15) is 0 Å². The molecule has 3 rings (SSSR count). The number of hydrogen-bond acceptors (Lipinski definition) is 13. The Morgan fingerprint density at radius 3 is 2.18 bits per heavy atom. The molecule has 0 aliphatic carbocycles. The number of nitrogens with zero attached hydrogens (tertiary/aromatic N) is 2.